The van der Waals surface area contributed by atoms with Crippen LogP contribution in [0.5, 0.6) is 0 Å². The number of aliphatic hydroxyl groups excluding tert-OH is 1. The van der Waals surface area contributed by atoms with Gasteiger partial charge in [-0.1, -0.05) is 38.1 Å². The first-order valence-electron chi connectivity index (χ1n) is 4.80. The summed E-state index contributed by atoms with van der Waals surface area (Å²) in [4.78, 5) is 0. The number of hydrogen-bond donors (Lipinski definition) is 3. The molecule has 0 aromatic heterocycles. The molecule has 3 N–H and O–H groups in total. The fraction of sp³-hybridized carbons (Fsp3) is 0.455. The second-order valence-corrected chi connectivity index (χ2v) is 3.70. The molecule has 78 valence electrons. The van der Waals surface area contributed by atoms with Gasteiger partial charge in [-0.25, -0.2) is 5.48 Å². The molecule has 0 amide bonds. The fourth-order valence-electron chi connectivity index (χ4n) is 1.31. The number of hydroxylamine groups is 1. The molecule has 0 fully saturated rings. The van der Waals surface area contributed by atoms with Gasteiger partial charge in [0.15, 0.2) is 0 Å². The summed E-state index contributed by atoms with van der Waals surface area (Å²) in [5, 5.41) is 18.0. The molecule has 0 spiro atoms. The number of hydrogen-bond acceptors (Lipinski definition) is 3. The van der Waals surface area contributed by atoms with Gasteiger partial charge in [-0.2, -0.15) is 0 Å². The van der Waals surface area contributed by atoms with Gasteiger partial charge in [0.25, 0.3) is 0 Å². The van der Waals surface area contributed by atoms with Gasteiger partial charge in [0, 0.05) is 0 Å². The van der Waals surface area contributed by atoms with Crippen molar-refractivity contribution in [2.24, 2.45) is 0 Å². The zero-order chi connectivity index (χ0) is 10.6. The maximum absolute atomic E-state index is 9.53. The van der Waals surface area contributed by atoms with Crippen LogP contribution in [0.4, 0.5) is 0 Å². The zero-order valence-electron chi connectivity index (χ0n) is 8.57. The molecular weight excluding hydrogens is 178 g/mol. The maximum atomic E-state index is 9.53. The summed E-state index contributed by atoms with van der Waals surface area (Å²) in [5.74, 6) is 0.497. The summed E-state index contributed by atoms with van der Waals surface area (Å²) in [5.41, 5.74) is 4.02. The average molecular weight is 195 g/mol. The quantitative estimate of drug-likeness (QED) is 0.642. The van der Waals surface area contributed by atoms with E-state index in [2.05, 4.69) is 13.8 Å². The van der Waals surface area contributed by atoms with Gasteiger partial charge >= 0.3 is 0 Å². The predicted octanol–water partition coefficient (Wildman–Crippen LogP) is 1.82. The van der Waals surface area contributed by atoms with Crippen molar-refractivity contribution < 1.29 is 10.3 Å². The molecule has 1 aromatic rings. The van der Waals surface area contributed by atoms with E-state index in [-0.39, 0.29) is 6.54 Å². The molecule has 0 heterocycles. The van der Waals surface area contributed by atoms with Gasteiger partial charge in [-0.3, -0.25) is 0 Å². The van der Waals surface area contributed by atoms with Crippen molar-refractivity contribution in [3.05, 3.63) is 35.4 Å². The second kappa shape index (κ2) is 5.10. The van der Waals surface area contributed by atoms with E-state index in [1.54, 1.807) is 0 Å². The molecule has 1 aromatic carbocycles. The summed E-state index contributed by atoms with van der Waals surface area (Å²) in [7, 11) is 0. The minimum Gasteiger partial charge on any atom is -0.387 e. The molecule has 1 atom stereocenters. The molecule has 1 rings (SSSR count). The van der Waals surface area contributed by atoms with Crippen molar-refractivity contribution >= 4 is 0 Å². The molecule has 3 nitrogen and oxygen atoms in total. The Morgan fingerprint density at radius 1 is 1.14 bits per heavy atom. The summed E-state index contributed by atoms with van der Waals surface area (Å²) in [6, 6.07) is 7.77. The first-order chi connectivity index (χ1) is 6.65. The number of benzene rings is 1. The first-order valence-corrected chi connectivity index (χ1v) is 4.80. The van der Waals surface area contributed by atoms with E-state index in [0.717, 1.165) is 5.56 Å². The Kier molecular flexibility index (Phi) is 4.07. The Hall–Kier alpha value is -0.900. The first kappa shape index (κ1) is 11.2. The molecule has 0 saturated heterocycles. The van der Waals surface area contributed by atoms with Gasteiger partial charge in [0.05, 0.1) is 12.6 Å². The monoisotopic (exact) mass is 195 g/mol. The molecule has 0 aliphatic rings. The van der Waals surface area contributed by atoms with Crippen molar-refractivity contribution in [2.75, 3.05) is 6.54 Å². The van der Waals surface area contributed by atoms with Crippen LogP contribution in [0.15, 0.2) is 24.3 Å². The summed E-state index contributed by atoms with van der Waals surface area (Å²) >= 11 is 0. The Balaban J connectivity index is 2.72. The van der Waals surface area contributed by atoms with Crippen molar-refractivity contribution in [3.8, 4) is 0 Å². The smallest absolute Gasteiger partial charge is 0.0937 e. The summed E-state index contributed by atoms with van der Waals surface area (Å²) < 4.78 is 0. The molecule has 3 heteroatoms. The van der Waals surface area contributed by atoms with Crippen LogP contribution < -0.4 is 5.48 Å². The third-order valence-corrected chi connectivity index (χ3v) is 2.27. The van der Waals surface area contributed by atoms with E-state index in [1.807, 2.05) is 29.7 Å². The van der Waals surface area contributed by atoms with Crippen molar-refractivity contribution in [2.45, 2.75) is 25.9 Å². The van der Waals surface area contributed by atoms with E-state index in [4.69, 9.17) is 5.21 Å². The third kappa shape index (κ3) is 2.80. The molecule has 1 unspecified atom stereocenters. The highest BCUT2D eigenvalue weighted by molar-refractivity contribution is 5.26. The Bertz CT molecular complexity index is 269. The highest BCUT2D eigenvalue weighted by Crippen LogP contribution is 2.18. The second-order valence-electron chi connectivity index (χ2n) is 3.70. The lowest BCUT2D eigenvalue weighted by Crippen LogP contribution is -2.17. The number of rotatable bonds is 4. The third-order valence-electron chi connectivity index (χ3n) is 2.27. The van der Waals surface area contributed by atoms with Crippen LogP contribution in [-0.4, -0.2) is 16.9 Å². The van der Waals surface area contributed by atoms with E-state index in [1.165, 1.54) is 5.56 Å². The van der Waals surface area contributed by atoms with Crippen LogP contribution >= 0.6 is 0 Å². The Morgan fingerprint density at radius 3 is 2.07 bits per heavy atom. The lowest BCUT2D eigenvalue weighted by Gasteiger charge is -2.11. The molecule has 14 heavy (non-hydrogen) atoms. The standard InChI is InChI=1S/C11H17NO2/c1-8(2)9-3-5-10(6-4-9)11(13)7-12-14/h3-6,8,11-14H,7H2,1-2H3. The Morgan fingerprint density at radius 2 is 1.64 bits per heavy atom. The van der Waals surface area contributed by atoms with Gasteiger partial charge < -0.3 is 10.3 Å². The lowest BCUT2D eigenvalue weighted by molar-refractivity contribution is 0.0921. The van der Waals surface area contributed by atoms with E-state index < -0.39 is 6.10 Å². The van der Waals surface area contributed by atoms with Crippen LogP contribution in [-0.2, 0) is 0 Å². The van der Waals surface area contributed by atoms with Crippen LogP contribution in [0.1, 0.15) is 37.0 Å². The van der Waals surface area contributed by atoms with Gasteiger partial charge in [-0.15, -0.1) is 0 Å². The fourth-order valence-corrected chi connectivity index (χ4v) is 1.31. The van der Waals surface area contributed by atoms with Gasteiger partial charge in [0.2, 0.25) is 0 Å². The van der Waals surface area contributed by atoms with Gasteiger partial charge in [-0.05, 0) is 17.0 Å². The summed E-state index contributed by atoms with van der Waals surface area (Å²) in [6.45, 7) is 4.41. The van der Waals surface area contributed by atoms with Crippen LogP contribution in [0, 0.1) is 0 Å². The van der Waals surface area contributed by atoms with E-state index >= 15 is 0 Å². The molecular formula is C11H17NO2. The molecule has 0 bridgehead atoms. The topological polar surface area (TPSA) is 52.5 Å². The number of nitrogens with one attached hydrogen (secondary N) is 1. The molecule has 0 aliphatic heterocycles. The van der Waals surface area contributed by atoms with Crippen LogP contribution in [0.2, 0.25) is 0 Å². The molecule has 0 saturated carbocycles. The minimum absolute atomic E-state index is 0.154. The van der Waals surface area contributed by atoms with Crippen molar-refractivity contribution in [1.29, 1.82) is 0 Å². The highest BCUT2D eigenvalue weighted by Gasteiger charge is 2.06. The highest BCUT2D eigenvalue weighted by atomic mass is 16.5. The van der Waals surface area contributed by atoms with Crippen molar-refractivity contribution in [1.82, 2.24) is 5.48 Å². The van der Waals surface area contributed by atoms with Crippen LogP contribution in [0.25, 0.3) is 0 Å². The number of aliphatic hydroxyl groups is 1. The molecule has 0 aliphatic carbocycles. The van der Waals surface area contributed by atoms with Gasteiger partial charge in [0.1, 0.15) is 0 Å². The van der Waals surface area contributed by atoms with Crippen molar-refractivity contribution in [3.63, 3.8) is 0 Å². The maximum Gasteiger partial charge on any atom is 0.0937 e. The predicted molar refractivity (Wildman–Crippen MR) is 55.3 cm³/mol. The molecule has 0 radical (unpaired) electrons. The SMILES string of the molecule is CC(C)c1ccc(C(O)CNO)cc1. The zero-order valence-corrected chi connectivity index (χ0v) is 8.57. The largest absolute Gasteiger partial charge is 0.387 e. The van der Waals surface area contributed by atoms with E-state index in [9.17, 15) is 5.11 Å². The normalized spacial score (nSPS) is 13.2. The van der Waals surface area contributed by atoms with Crippen LogP contribution in [0.3, 0.4) is 0 Å². The lowest BCUT2D eigenvalue weighted by atomic mass is 10.00. The van der Waals surface area contributed by atoms with E-state index in [0.29, 0.717) is 5.92 Å². The minimum atomic E-state index is -0.652. The summed E-state index contributed by atoms with van der Waals surface area (Å²) in [6.07, 6.45) is -0.652. The average Bonchev–Trinajstić information content (AvgIpc) is 2.18. The Labute approximate surface area is 84.3 Å².